The third-order valence-corrected chi connectivity index (χ3v) is 2.83. The second kappa shape index (κ2) is 9.50. The summed E-state index contributed by atoms with van der Waals surface area (Å²) in [7, 11) is 0. The highest BCUT2D eigenvalue weighted by Gasteiger charge is 2.11. The summed E-state index contributed by atoms with van der Waals surface area (Å²) in [4.78, 5) is 37.9. The smallest absolute Gasteiger partial charge is 0.308 e. The van der Waals surface area contributed by atoms with Crippen LogP contribution in [-0.2, 0) is 14.4 Å². The van der Waals surface area contributed by atoms with Crippen LogP contribution < -0.4 is 9.47 Å². The topological polar surface area (TPSA) is 82.6 Å². The van der Waals surface area contributed by atoms with Crippen molar-refractivity contribution in [1.29, 1.82) is 0 Å². The van der Waals surface area contributed by atoms with Crippen LogP contribution in [-0.4, -0.2) is 22.7 Å². The molecule has 0 bridgehead atoms. The number of allylic oxidation sites excluding steroid dienone is 1. The number of ketones is 1. The molecule has 1 heterocycles. The first-order chi connectivity index (χ1) is 10.9. The Morgan fingerprint density at radius 1 is 1.09 bits per heavy atom. The van der Waals surface area contributed by atoms with E-state index in [0.717, 1.165) is 19.3 Å². The average molecular weight is 319 g/mol. The molecular formula is C17H21NO5. The fourth-order valence-electron chi connectivity index (χ4n) is 1.81. The molecule has 124 valence electrons. The predicted octanol–water partition coefficient (Wildman–Crippen LogP) is 3.09. The zero-order chi connectivity index (χ0) is 17.2. The van der Waals surface area contributed by atoms with Gasteiger partial charge in [0, 0.05) is 26.3 Å². The molecule has 0 radical (unpaired) electrons. The maximum Gasteiger partial charge on any atom is 0.308 e. The van der Waals surface area contributed by atoms with Crippen molar-refractivity contribution >= 4 is 23.8 Å². The van der Waals surface area contributed by atoms with E-state index in [2.05, 4.69) is 11.9 Å². The van der Waals surface area contributed by atoms with Gasteiger partial charge in [0.2, 0.25) is 0 Å². The van der Waals surface area contributed by atoms with Crippen LogP contribution in [0.1, 0.15) is 52.1 Å². The lowest BCUT2D eigenvalue weighted by atomic mass is 10.1. The molecule has 0 saturated carbocycles. The number of ether oxygens (including phenoxy) is 2. The highest BCUT2D eigenvalue weighted by molar-refractivity contribution is 5.93. The minimum Gasteiger partial charge on any atom is -0.423 e. The van der Waals surface area contributed by atoms with E-state index in [1.807, 2.05) is 0 Å². The highest BCUT2D eigenvalue weighted by atomic mass is 16.6. The minimum absolute atomic E-state index is 0.0124. The van der Waals surface area contributed by atoms with Gasteiger partial charge < -0.3 is 9.47 Å². The summed E-state index contributed by atoms with van der Waals surface area (Å²) in [6.45, 7) is 4.55. The van der Waals surface area contributed by atoms with Crippen LogP contribution in [0.3, 0.4) is 0 Å². The third-order valence-electron chi connectivity index (χ3n) is 2.83. The Labute approximate surface area is 135 Å². The molecule has 0 amide bonds. The molecule has 0 unspecified atom stereocenters. The van der Waals surface area contributed by atoms with E-state index in [1.165, 1.54) is 32.2 Å². The van der Waals surface area contributed by atoms with Gasteiger partial charge in [0.05, 0.1) is 11.9 Å². The summed E-state index contributed by atoms with van der Waals surface area (Å²) in [5, 5.41) is 0. The molecule has 0 aliphatic rings. The molecule has 0 saturated heterocycles. The molecular weight excluding hydrogens is 298 g/mol. The maximum atomic E-state index is 11.7. The van der Waals surface area contributed by atoms with Crippen LogP contribution in [0.25, 0.3) is 6.08 Å². The van der Waals surface area contributed by atoms with Gasteiger partial charge in [0.25, 0.3) is 0 Å². The zero-order valence-electron chi connectivity index (χ0n) is 13.6. The largest absolute Gasteiger partial charge is 0.423 e. The molecule has 23 heavy (non-hydrogen) atoms. The summed E-state index contributed by atoms with van der Waals surface area (Å²) in [6.07, 6.45) is 7.69. The number of rotatable bonds is 8. The average Bonchev–Trinajstić information content (AvgIpc) is 2.46. The van der Waals surface area contributed by atoms with Gasteiger partial charge in [-0.05, 0) is 18.6 Å². The lowest BCUT2D eigenvalue weighted by Gasteiger charge is -2.08. The minimum atomic E-state index is -0.547. The Balaban J connectivity index is 2.85. The number of carbonyl (C=O) groups excluding carboxylic acids is 3. The van der Waals surface area contributed by atoms with Gasteiger partial charge in [-0.2, -0.15) is 0 Å². The first kappa shape index (κ1) is 18.5. The summed E-state index contributed by atoms with van der Waals surface area (Å²) < 4.78 is 9.92. The Morgan fingerprint density at radius 2 is 1.74 bits per heavy atom. The van der Waals surface area contributed by atoms with Crippen LogP contribution in [0.5, 0.6) is 11.5 Å². The fourth-order valence-corrected chi connectivity index (χ4v) is 1.81. The van der Waals surface area contributed by atoms with Crippen molar-refractivity contribution in [3.8, 4) is 11.5 Å². The van der Waals surface area contributed by atoms with E-state index in [1.54, 1.807) is 6.08 Å². The van der Waals surface area contributed by atoms with Crippen molar-refractivity contribution in [2.45, 2.75) is 46.5 Å². The summed E-state index contributed by atoms with van der Waals surface area (Å²) in [5.74, 6) is -0.942. The highest BCUT2D eigenvalue weighted by Crippen LogP contribution is 2.27. The van der Waals surface area contributed by atoms with Crippen molar-refractivity contribution in [3.05, 3.63) is 24.0 Å². The van der Waals surface area contributed by atoms with Gasteiger partial charge in [-0.15, -0.1) is 0 Å². The molecule has 0 N–H and O–H groups in total. The molecule has 6 nitrogen and oxygen atoms in total. The normalized spacial score (nSPS) is 10.6. The van der Waals surface area contributed by atoms with Gasteiger partial charge in [0.1, 0.15) is 0 Å². The molecule has 0 aliphatic heterocycles. The number of carbonyl (C=O) groups is 3. The number of aromatic nitrogens is 1. The van der Waals surface area contributed by atoms with Crippen LogP contribution in [0.2, 0.25) is 0 Å². The van der Waals surface area contributed by atoms with Crippen molar-refractivity contribution < 1.29 is 23.9 Å². The van der Waals surface area contributed by atoms with E-state index < -0.39 is 11.9 Å². The first-order valence-corrected chi connectivity index (χ1v) is 7.50. The van der Waals surface area contributed by atoms with E-state index in [4.69, 9.17) is 9.47 Å². The molecule has 0 fully saturated rings. The maximum absolute atomic E-state index is 11.7. The Hall–Kier alpha value is -2.50. The number of esters is 2. The number of nitrogens with zero attached hydrogens (tertiary/aromatic N) is 1. The zero-order valence-corrected chi connectivity index (χ0v) is 13.6. The summed E-state index contributed by atoms with van der Waals surface area (Å²) in [5.41, 5.74) is 0.431. The van der Waals surface area contributed by atoms with Crippen molar-refractivity contribution in [2.24, 2.45) is 0 Å². The number of pyridine rings is 1. The van der Waals surface area contributed by atoms with Gasteiger partial charge >= 0.3 is 11.9 Å². The fraction of sp³-hybridized carbons (Fsp3) is 0.412. The van der Waals surface area contributed by atoms with E-state index in [9.17, 15) is 14.4 Å². The van der Waals surface area contributed by atoms with Gasteiger partial charge in [-0.25, -0.2) is 0 Å². The van der Waals surface area contributed by atoms with E-state index in [0.29, 0.717) is 12.1 Å². The number of hydrogen-bond acceptors (Lipinski definition) is 6. The molecule has 0 spiro atoms. The lowest BCUT2D eigenvalue weighted by Crippen LogP contribution is -2.07. The van der Waals surface area contributed by atoms with E-state index in [-0.39, 0.29) is 17.3 Å². The second-order valence-electron chi connectivity index (χ2n) is 5.00. The SMILES string of the molecule is CCCCCC(=O)C=Cc1cc(OC(C)=O)c(OC(C)=O)cn1. The van der Waals surface area contributed by atoms with Crippen molar-refractivity contribution in [3.63, 3.8) is 0 Å². The Bertz CT molecular complexity index is 607. The lowest BCUT2D eigenvalue weighted by molar-refractivity contribution is -0.134. The van der Waals surface area contributed by atoms with Crippen LogP contribution in [0, 0.1) is 0 Å². The molecule has 1 aromatic heterocycles. The van der Waals surface area contributed by atoms with Crippen molar-refractivity contribution in [1.82, 2.24) is 4.98 Å². The van der Waals surface area contributed by atoms with Gasteiger partial charge in [0.15, 0.2) is 17.3 Å². The van der Waals surface area contributed by atoms with Crippen LogP contribution >= 0.6 is 0 Å². The van der Waals surface area contributed by atoms with Crippen molar-refractivity contribution in [2.75, 3.05) is 0 Å². The quantitative estimate of drug-likeness (QED) is 0.416. The Morgan fingerprint density at radius 3 is 2.35 bits per heavy atom. The number of hydrogen-bond donors (Lipinski definition) is 0. The predicted molar refractivity (Wildman–Crippen MR) is 85.0 cm³/mol. The molecule has 1 aromatic rings. The number of unbranched alkanes of at least 4 members (excludes halogenated alkanes) is 2. The first-order valence-electron chi connectivity index (χ1n) is 7.50. The van der Waals surface area contributed by atoms with Gasteiger partial charge in [-0.3, -0.25) is 19.4 Å². The van der Waals surface area contributed by atoms with Gasteiger partial charge in [-0.1, -0.05) is 19.8 Å². The monoisotopic (exact) mass is 319 g/mol. The molecule has 0 atom stereocenters. The summed E-state index contributed by atoms with van der Waals surface area (Å²) >= 11 is 0. The third kappa shape index (κ3) is 7.35. The molecule has 6 heteroatoms. The Kier molecular flexibility index (Phi) is 7.66. The van der Waals surface area contributed by atoms with Crippen LogP contribution in [0.4, 0.5) is 0 Å². The summed E-state index contributed by atoms with van der Waals surface area (Å²) in [6, 6.07) is 1.44. The van der Waals surface area contributed by atoms with Crippen LogP contribution in [0.15, 0.2) is 18.3 Å². The van der Waals surface area contributed by atoms with E-state index >= 15 is 0 Å². The molecule has 0 aromatic carbocycles. The molecule has 0 aliphatic carbocycles. The second-order valence-corrected chi connectivity index (χ2v) is 5.00. The molecule has 1 rings (SSSR count). The standard InChI is InChI=1S/C17H21NO5/c1-4-5-6-7-15(21)9-8-14-10-16(22-12(2)19)17(11-18-14)23-13(3)20/h8-11H,4-7H2,1-3H3.